The van der Waals surface area contributed by atoms with E-state index in [1.54, 1.807) is 23.5 Å². The van der Waals surface area contributed by atoms with Crippen LogP contribution in [-0.2, 0) is 6.54 Å². The molecule has 0 aliphatic rings. The van der Waals surface area contributed by atoms with Crippen molar-refractivity contribution in [1.29, 1.82) is 0 Å². The van der Waals surface area contributed by atoms with Gasteiger partial charge in [-0.1, -0.05) is 59.4 Å². The molecule has 3 aromatic carbocycles. The quantitative estimate of drug-likeness (QED) is 0.227. The number of aliphatic hydroxyl groups excluding tert-OH is 1. The third-order valence-electron chi connectivity index (χ3n) is 5.03. The number of halogens is 1. The van der Waals surface area contributed by atoms with E-state index in [0.717, 1.165) is 22.1 Å². The van der Waals surface area contributed by atoms with Gasteiger partial charge in [-0.05, 0) is 36.8 Å². The van der Waals surface area contributed by atoms with Gasteiger partial charge in [0, 0.05) is 23.1 Å². The average molecular weight is 512 g/mol. The van der Waals surface area contributed by atoms with Crippen molar-refractivity contribution in [1.82, 2.24) is 0 Å². The Balaban J connectivity index is 0.00000289. The molecule has 0 saturated heterocycles. The Kier molecular flexibility index (Phi) is 7.74. The van der Waals surface area contributed by atoms with Gasteiger partial charge in [-0.3, -0.25) is 10.1 Å². The molecule has 0 spiro atoms. The first kappa shape index (κ1) is 23.6. The molecule has 2 N–H and O–H groups in total. The van der Waals surface area contributed by atoms with Crippen molar-refractivity contribution >= 4 is 27.8 Å². The van der Waals surface area contributed by atoms with Crippen molar-refractivity contribution in [2.24, 2.45) is 0 Å². The Morgan fingerprint density at radius 1 is 1.03 bits per heavy atom. The summed E-state index contributed by atoms with van der Waals surface area (Å²) in [7, 11) is 0. The largest absolute Gasteiger partial charge is 1.00 e. The van der Waals surface area contributed by atoms with Gasteiger partial charge < -0.3 is 22.1 Å². The van der Waals surface area contributed by atoms with E-state index < -0.39 is 11.0 Å². The number of nitrogens with one attached hydrogen (secondary N) is 1. The van der Waals surface area contributed by atoms with Gasteiger partial charge in [-0.15, -0.1) is 0 Å². The van der Waals surface area contributed by atoms with Gasteiger partial charge in [-0.2, -0.15) is 0 Å². The standard InChI is InChI=1S/C24H21N3O3S.BrH/c1-17-7-9-18(10-8-17)22-16-31-24(25-20-5-3-2-4-6-20)26(22)15-23(28)19-11-13-21(14-12-19)27(29)30;/h2-14,16,23,28H,15H2,1H3;1H. The summed E-state index contributed by atoms with van der Waals surface area (Å²) in [4.78, 5) is 10.5. The zero-order valence-corrected chi connectivity index (χ0v) is 19.7. The summed E-state index contributed by atoms with van der Waals surface area (Å²) in [5.41, 5.74) is 4.82. The molecule has 164 valence electrons. The molecule has 6 nitrogen and oxygen atoms in total. The summed E-state index contributed by atoms with van der Waals surface area (Å²) in [6.45, 7) is 2.35. The van der Waals surface area contributed by atoms with Crippen LogP contribution in [0.1, 0.15) is 17.2 Å². The smallest absolute Gasteiger partial charge is 0.339 e. The van der Waals surface area contributed by atoms with Gasteiger partial charge in [0.1, 0.15) is 24.0 Å². The lowest BCUT2D eigenvalue weighted by molar-refractivity contribution is -0.676. The number of thiazole rings is 1. The SMILES string of the molecule is Cc1ccc(-c2csc(Nc3ccccc3)[n+]2CC(O)c2ccc([N+](=O)[O-])cc2)cc1.[Br-]. The molecule has 1 atom stereocenters. The van der Waals surface area contributed by atoms with Crippen LogP contribution in [-0.4, -0.2) is 10.0 Å². The normalized spacial score (nSPS) is 11.4. The number of nitrogens with zero attached hydrogens (tertiary/aromatic N) is 2. The first-order chi connectivity index (χ1) is 15.0. The number of aliphatic hydroxyl groups is 1. The number of benzene rings is 3. The van der Waals surface area contributed by atoms with Crippen LogP contribution < -0.4 is 26.9 Å². The molecule has 0 radical (unpaired) electrons. The summed E-state index contributed by atoms with van der Waals surface area (Å²) in [6, 6.07) is 24.2. The summed E-state index contributed by atoms with van der Waals surface area (Å²) >= 11 is 1.57. The number of non-ortho nitro benzene ring substituents is 1. The molecule has 1 heterocycles. The lowest BCUT2D eigenvalue weighted by Crippen LogP contribution is -3.00. The topological polar surface area (TPSA) is 79.3 Å². The highest BCUT2D eigenvalue weighted by Crippen LogP contribution is 2.28. The second kappa shape index (κ2) is 10.5. The minimum absolute atomic E-state index is 0. The Labute approximate surface area is 200 Å². The second-order valence-corrected chi connectivity index (χ2v) is 8.12. The minimum atomic E-state index is -0.819. The number of anilines is 2. The van der Waals surface area contributed by atoms with Crippen molar-refractivity contribution in [2.75, 3.05) is 5.32 Å². The molecule has 1 unspecified atom stereocenters. The van der Waals surface area contributed by atoms with E-state index in [0.29, 0.717) is 12.1 Å². The van der Waals surface area contributed by atoms with Crippen molar-refractivity contribution in [3.63, 3.8) is 0 Å². The Bertz CT molecular complexity index is 1180. The number of hydrogen-bond donors (Lipinski definition) is 2. The van der Waals surface area contributed by atoms with E-state index in [4.69, 9.17) is 0 Å². The van der Waals surface area contributed by atoms with Crippen LogP contribution in [0.2, 0.25) is 0 Å². The highest BCUT2D eigenvalue weighted by atomic mass is 79.9. The van der Waals surface area contributed by atoms with E-state index in [1.807, 2.05) is 37.3 Å². The summed E-state index contributed by atoms with van der Waals surface area (Å²) < 4.78 is 2.05. The highest BCUT2D eigenvalue weighted by Gasteiger charge is 2.23. The third kappa shape index (κ3) is 5.40. The molecular formula is C24H22BrN3O3S. The lowest BCUT2D eigenvalue weighted by Gasteiger charge is -2.12. The summed E-state index contributed by atoms with van der Waals surface area (Å²) in [5.74, 6) is 0. The molecule has 0 aliphatic carbocycles. The molecule has 0 fully saturated rings. The van der Waals surface area contributed by atoms with Gasteiger partial charge >= 0.3 is 5.13 Å². The molecule has 32 heavy (non-hydrogen) atoms. The van der Waals surface area contributed by atoms with E-state index >= 15 is 0 Å². The van der Waals surface area contributed by atoms with Gasteiger partial charge in [0.25, 0.3) is 5.69 Å². The molecule has 4 aromatic rings. The van der Waals surface area contributed by atoms with E-state index in [-0.39, 0.29) is 22.7 Å². The van der Waals surface area contributed by atoms with Crippen LogP contribution in [0.5, 0.6) is 0 Å². The first-order valence-corrected chi connectivity index (χ1v) is 10.7. The average Bonchev–Trinajstić information content (AvgIpc) is 3.17. The van der Waals surface area contributed by atoms with Crippen molar-refractivity contribution < 1.29 is 31.6 Å². The Morgan fingerprint density at radius 3 is 2.31 bits per heavy atom. The summed E-state index contributed by atoms with van der Waals surface area (Å²) in [6.07, 6.45) is -0.819. The zero-order valence-electron chi connectivity index (χ0n) is 17.3. The number of aryl methyl sites for hydroxylation is 1. The number of hydrogen-bond acceptors (Lipinski definition) is 5. The monoisotopic (exact) mass is 511 g/mol. The molecule has 1 aromatic heterocycles. The predicted octanol–water partition coefficient (Wildman–Crippen LogP) is 2.40. The number of nitro benzene ring substituents is 1. The maximum atomic E-state index is 10.9. The molecular weight excluding hydrogens is 490 g/mol. The molecule has 0 saturated carbocycles. The van der Waals surface area contributed by atoms with Gasteiger partial charge in [0.2, 0.25) is 0 Å². The van der Waals surface area contributed by atoms with Crippen molar-refractivity contribution in [3.05, 3.63) is 105 Å². The molecule has 0 aliphatic heterocycles. The van der Waals surface area contributed by atoms with Crippen LogP contribution in [0.15, 0.2) is 84.2 Å². The van der Waals surface area contributed by atoms with Crippen LogP contribution >= 0.6 is 11.3 Å². The highest BCUT2D eigenvalue weighted by molar-refractivity contribution is 7.13. The second-order valence-electron chi connectivity index (χ2n) is 7.26. The van der Waals surface area contributed by atoms with Gasteiger partial charge in [0.05, 0.1) is 4.92 Å². The maximum Gasteiger partial charge on any atom is 0.339 e. The van der Waals surface area contributed by atoms with Crippen LogP contribution in [0.3, 0.4) is 0 Å². The fourth-order valence-corrected chi connectivity index (χ4v) is 4.28. The first-order valence-electron chi connectivity index (χ1n) is 9.84. The molecule has 0 bridgehead atoms. The number of nitro groups is 1. The zero-order chi connectivity index (χ0) is 21.8. The van der Waals surface area contributed by atoms with Gasteiger partial charge in [-0.25, -0.2) is 9.88 Å². The minimum Gasteiger partial charge on any atom is -1.00 e. The number of rotatable bonds is 7. The lowest BCUT2D eigenvalue weighted by atomic mass is 10.1. The van der Waals surface area contributed by atoms with Crippen molar-refractivity contribution in [3.8, 4) is 11.3 Å². The van der Waals surface area contributed by atoms with E-state index in [1.165, 1.54) is 17.7 Å². The number of para-hydroxylation sites is 1. The van der Waals surface area contributed by atoms with Gasteiger partial charge in [0.15, 0.2) is 0 Å². The maximum absolute atomic E-state index is 10.9. The Morgan fingerprint density at radius 2 is 1.69 bits per heavy atom. The van der Waals surface area contributed by atoms with E-state index in [2.05, 4.69) is 39.5 Å². The molecule has 0 amide bonds. The fraction of sp³-hybridized carbons (Fsp3) is 0.125. The van der Waals surface area contributed by atoms with Crippen LogP contribution in [0.25, 0.3) is 11.3 Å². The summed E-state index contributed by atoms with van der Waals surface area (Å²) in [5, 5.41) is 28.2. The fourth-order valence-electron chi connectivity index (χ4n) is 3.32. The molecule has 8 heteroatoms. The van der Waals surface area contributed by atoms with Crippen LogP contribution in [0.4, 0.5) is 16.5 Å². The third-order valence-corrected chi connectivity index (χ3v) is 5.92. The van der Waals surface area contributed by atoms with E-state index in [9.17, 15) is 15.2 Å². The predicted molar refractivity (Wildman–Crippen MR) is 122 cm³/mol. The van der Waals surface area contributed by atoms with Crippen LogP contribution in [0, 0.1) is 17.0 Å². The van der Waals surface area contributed by atoms with Crippen molar-refractivity contribution in [2.45, 2.75) is 19.6 Å². The Hall–Kier alpha value is -3.07. The molecule has 4 rings (SSSR count). The number of aromatic nitrogens is 1.